The Bertz CT molecular complexity index is 500. The second kappa shape index (κ2) is 5.76. The van der Waals surface area contributed by atoms with Crippen LogP contribution in [0.25, 0.3) is 0 Å². The van der Waals surface area contributed by atoms with E-state index in [4.69, 9.17) is 0 Å². The van der Waals surface area contributed by atoms with Crippen molar-refractivity contribution in [3.63, 3.8) is 0 Å². The van der Waals surface area contributed by atoms with E-state index in [-0.39, 0.29) is 0 Å². The Morgan fingerprint density at radius 2 is 2.00 bits per heavy atom. The molecule has 0 amide bonds. The van der Waals surface area contributed by atoms with Crippen LogP contribution < -0.4 is 10.2 Å². The maximum absolute atomic E-state index is 3.19. The highest BCUT2D eigenvalue weighted by atomic mass is 32.1. The molecule has 0 spiro atoms. The van der Waals surface area contributed by atoms with Gasteiger partial charge >= 0.3 is 0 Å². The van der Waals surface area contributed by atoms with Crippen LogP contribution in [-0.4, -0.2) is 13.1 Å². The average Bonchev–Trinajstić information content (AvgIpc) is 3.15. The van der Waals surface area contributed by atoms with Crippen LogP contribution in [0.4, 0.5) is 5.69 Å². The van der Waals surface area contributed by atoms with Gasteiger partial charge < -0.3 is 10.2 Å². The lowest BCUT2D eigenvalue weighted by Gasteiger charge is -2.24. The molecule has 1 aliphatic rings. The van der Waals surface area contributed by atoms with Gasteiger partial charge in [-0.05, 0) is 49.0 Å². The molecule has 0 saturated heterocycles. The van der Waals surface area contributed by atoms with E-state index in [9.17, 15) is 0 Å². The van der Waals surface area contributed by atoms with E-state index in [0.29, 0.717) is 0 Å². The van der Waals surface area contributed by atoms with E-state index in [0.717, 1.165) is 19.1 Å². The lowest BCUT2D eigenvalue weighted by Crippen LogP contribution is -2.24. The van der Waals surface area contributed by atoms with Gasteiger partial charge in [0.1, 0.15) is 0 Å². The van der Waals surface area contributed by atoms with E-state index in [2.05, 4.69) is 52.0 Å². The SMILES string of the molecule is CNCc1ccc(N(Cc2cccs2)C2CC2)cc1. The number of hydrogen-bond donors (Lipinski definition) is 1. The second-order valence-electron chi connectivity index (χ2n) is 5.14. The highest BCUT2D eigenvalue weighted by Gasteiger charge is 2.29. The third kappa shape index (κ3) is 3.17. The van der Waals surface area contributed by atoms with Crippen molar-refractivity contribution < 1.29 is 0 Å². The molecule has 1 N–H and O–H groups in total. The monoisotopic (exact) mass is 272 g/mol. The molecule has 1 aliphatic carbocycles. The van der Waals surface area contributed by atoms with Crippen LogP contribution in [0.5, 0.6) is 0 Å². The van der Waals surface area contributed by atoms with Crippen molar-refractivity contribution in [2.24, 2.45) is 0 Å². The van der Waals surface area contributed by atoms with Crippen LogP contribution in [0.1, 0.15) is 23.3 Å². The lowest BCUT2D eigenvalue weighted by molar-refractivity contribution is 0.798. The largest absolute Gasteiger partial charge is 0.363 e. The van der Waals surface area contributed by atoms with Gasteiger partial charge in [0.2, 0.25) is 0 Å². The predicted octanol–water partition coefficient (Wildman–Crippen LogP) is 3.64. The smallest absolute Gasteiger partial charge is 0.0525 e. The number of rotatable bonds is 6. The Balaban J connectivity index is 1.76. The zero-order valence-electron chi connectivity index (χ0n) is 11.3. The minimum atomic E-state index is 0.747. The van der Waals surface area contributed by atoms with Gasteiger partial charge in [-0.2, -0.15) is 0 Å². The quantitative estimate of drug-likeness (QED) is 0.863. The third-order valence-corrected chi connectivity index (χ3v) is 4.40. The molecule has 0 radical (unpaired) electrons. The third-order valence-electron chi connectivity index (χ3n) is 3.54. The van der Waals surface area contributed by atoms with Crippen LogP contribution in [0.3, 0.4) is 0 Å². The van der Waals surface area contributed by atoms with Gasteiger partial charge in [0.05, 0.1) is 6.54 Å². The van der Waals surface area contributed by atoms with Crippen molar-refractivity contribution in [3.8, 4) is 0 Å². The summed E-state index contributed by atoms with van der Waals surface area (Å²) in [5.74, 6) is 0. The van der Waals surface area contributed by atoms with Gasteiger partial charge in [-0.1, -0.05) is 18.2 Å². The number of hydrogen-bond acceptors (Lipinski definition) is 3. The maximum atomic E-state index is 3.19. The first-order valence-electron chi connectivity index (χ1n) is 6.89. The molecule has 1 fully saturated rings. The number of anilines is 1. The fourth-order valence-corrected chi connectivity index (χ4v) is 3.10. The molecular weight excluding hydrogens is 252 g/mol. The molecule has 0 atom stereocenters. The van der Waals surface area contributed by atoms with Crippen LogP contribution in [0.15, 0.2) is 41.8 Å². The van der Waals surface area contributed by atoms with E-state index in [1.807, 2.05) is 18.4 Å². The second-order valence-corrected chi connectivity index (χ2v) is 6.17. The topological polar surface area (TPSA) is 15.3 Å². The molecule has 1 heterocycles. The summed E-state index contributed by atoms with van der Waals surface area (Å²) in [6, 6.07) is 14.1. The molecular formula is C16H20N2S. The Morgan fingerprint density at radius 3 is 2.58 bits per heavy atom. The van der Waals surface area contributed by atoms with Crippen molar-refractivity contribution in [2.75, 3.05) is 11.9 Å². The minimum Gasteiger partial charge on any atom is -0.363 e. The standard InChI is InChI=1S/C16H20N2S/c1-17-11-13-4-6-14(7-5-13)18(15-8-9-15)12-16-3-2-10-19-16/h2-7,10,15,17H,8-9,11-12H2,1H3. The highest BCUT2D eigenvalue weighted by molar-refractivity contribution is 7.09. The molecule has 0 unspecified atom stereocenters. The molecule has 2 nitrogen and oxygen atoms in total. The molecule has 0 bridgehead atoms. The number of benzene rings is 1. The summed E-state index contributed by atoms with van der Waals surface area (Å²) in [7, 11) is 1.99. The lowest BCUT2D eigenvalue weighted by atomic mass is 10.2. The molecule has 2 aromatic rings. The highest BCUT2D eigenvalue weighted by Crippen LogP contribution is 2.33. The maximum Gasteiger partial charge on any atom is 0.0525 e. The summed E-state index contributed by atoms with van der Waals surface area (Å²) in [6.45, 7) is 1.99. The average molecular weight is 272 g/mol. The van der Waals surface area contributed by atoms with Gasteiger partial charge in [0.25, 0.3) is 0 Å². The number of nitrogens with one attached hydrogen (secondary N) is 1. The van der Waals surface area contributed by atoms with Gasteiger partial charge in [-0.3, -0.25) is 0 Å². The first kappa shape index (κ1) is 12.7. The van der Waals surface area contributed by atoms with Crippen LogP contribution in [0, 0.1) is 0 Å². The first-order chi connectivity index (χ1) is 9.36. The summed E-state index contributed by atoms with van der Waals surface area (Å²) in [5.41, 5.74) is 2.70. The van der Waals surface area contributed by atoms with Crippen LogP contribution in [-0.2, 0) is 13.1 Å². The minimum absolute atomic E-state index is 0.747. The van der Waals surface area contributed by atoms with Crippen molar-refractivity contribution >= 4 is 17.0 Å². The molecule has 1 aromatic heterocycles. The Kier molecular flexibility index (Phi) is 3.85. The Labute approximate surface area is 119 Å². The summed E-state index contributed by atoms with van der Waals surface area (Å²) in [4.78, 5) is 4.00. The van der Waals surface area contributed by atoms with Gasteiger partial charge in [0.15, 0.2) is 0 Å². The summed E-state index contributed by atoms with van der Waals surface area (Å²) in [5, 5.41) is 5.36. The predicted molar refractivity (Wildman–Crippen MR) is 82.7 cm³/mol. The molecule has 3 heteroatoms. The zero-order chi connectivity index (χ0) is 13.1. The zero-order valence-corrected chi connectivity index (χ0v) is 12.1. The van der Waals surface area contributed by atoms with E-state index < -0.39 is 0 Å². The van der Waals surface area contributed by atoms with Crippen molar-refractivity contribution in [1.29, 1.82) is 0 Å². The van der Waals surface area contributed by atoms with E-state index in [1.165, 1.54) is 29.0 Å². The van der Waals surface area contributed by atoms with Crippen molar-refractivity contribution in [1.82, 2.24) is 5.32 Å². The van der Waals surface area contributed by atoms with Crippen molar-refractivity contribution in [2.45, 2.75) is 32.0 Å². The Hall–Kier alpha value is -1.32. The van der Waals surface area contributed by atoms with Crippen molar-refractivity contribution in [3.05, 3.63) is 52.2 Å². The van der Waals surface area contributed by atoms with E-state index in [1.54, 1.807) is 0 Å². The normalized spacial score (nSPS) is 14.6. The number of nitrogens with zero attached hydrogens (tertiary/aromatic N) is 1. The molecule has 0 aliphatic heterocycles. The fraction of sp³-hybridized carbons (Fsp3) is 0.375. The van der Waals surface area contributed by atoms with E-state index >= 15 is 0 Å². The van der Waals surface area contributed by atoms with Gasteiger partial charge in [-0.25, -0.2) is 0 Å². The molecule has 1 aromatic carbocycles. The molecule has 3 rings (SSSR count). The van der Waals surface area contributed by atoms with Crippen LogP contribution in [0.2, 0.25) is 0 Å². The summed E-state index contributed by atoms with van der Waals surface area (Å²) < 4.78 is 0. The molecule has 1 saturated carbocycles. The molecule has 19 heavy (non-hydrogen) atoms. The fourth-order valence-electron chi connectivity index (χ4n) is 2.40. The molecule has 100 valence electrons. The summed E-state index contributed by atoms with van der Waals surface area (Å²) in [6.07, 6.45) is 2.67. The van der Waals surface area contributed by atoms with Gasteiger partial charge in [-0.15, -0.1) is 11.3 Å². The Morgan fingerprint density at radius 1 is 1.21 bits per heavy atom. The van der Waals surface area contributed by atoms with Crippen LogP contribution >= 0.6 is 11.3 Å². The summed E-state index contributed by atoms with van der Waals surface area (Å²) >= 11 is 1.85. The van der Waals surface area contributed by atoms with Gasteiger partial charge in [0, 0.05) is 23.2 Å². The first-order valence-corrected chi connectivity index (χ1v) is 7.77. The number of thiophene rings is 1.